The summed E-state index contributed by atoms with van der Waals surface area (Å²) in [5.41, 5.74) is 2.38. The van der Waals surface area contributed by atoms with Crippen LogP contribution >= 0.6 is 0 Å². The minimum atomic E-state index is -5.11. The van der Waals surface area contributed by atoms with E-state index in [4.69, 9.17) is 0 Å². The molecule has 0 radical (unpaired) electrons. The van der Waals surface area contributed by atoms with Crippen molar-refractivity contribution in [3.63, 3.8) is 0 Å². The summed E-state index contributed by atoms with van der Waals surface area (Å²) in [7, 11) is 0. The van der Waals surface area contributed by atoms with Gasteiger partial charge in [-0.05, 0) is 240 Å². The topological polar surface area (TPSA) is 27.7 Å². The highest BCUT2D eigenvalue weighted by Gasteiger charge is 2.38. The summed E-state index contributed by atoms with van der Waals surface area (Å²) >= 11 is 0. The van der Waals surface area contributed by atoms with E-state index in [0.717, 1.165) is 141 Å². The quantitative estimate of drug-likeness (QED) is 0.200. The second-order valence-electron chi connectivity index (χ2n) is 23.6. The van der Waals surface area contributed by atoms with E-state index in [1.807, 2.05) is 0 Å². The van der Waals surface area contributed by atoms with Gasteiger partial charge in [0, 0.05) is 0 Å². The van der Waals surface area contributed by atoms with Crippen LogP contribution in [0.4, 0.5) is 52.7 Å². The molecule has 0 spiro atoms. The molecule has 0 amide bonds. The Morgan fingerprint density at radius 3 is 0.947 bits per heavy atom. The Bertz CT molecular complexity index is 2150. The van der Waals surface area contributed by atoms with Gasteiger partial charge in [0.2, 0.25) is 5.75 Å². The fourth-order valence-corrected chi connectivity index (χ4v) is 14.0. The molecule has 75 heavy (non-hydrogen) atoms. The standard InChI is InChI=1S/C20H25F5O.C20H26F4O.C20H27F3O/c1-12-2-4-13(5-3-12)14-6-8-15(9-7-14)16-10-17(21)19(18(22)11-16)26-20(23,24)25;1-13-2-4-14(5-3-13)15-6-8-16(9-7-15)17-10-11-19(18(21)12-17)25-20(22,23)24;1-14-2-4-15(5-3-14)16-6-8-17(9-7-16)18-10-12-19(13-11-18)24-20(21,22)23/h10-15H,2-9H2,1H3;10-16H,2-9H2,1H3;10-17H,2-9H2,1H3. The summed E-state index contributed by atoms with van der Waals surface area (Å²) in [5, 5.41) is 0. The minimum absolute atomic E-state index is 0.00213. The molecule has 0 heterocycles. The summed E-state index contributed by atoms with van der Waals surface area (Å²) in [5.74, 6) is 2.32. The van der Waals surface area contributed by atoms with Crippen LogP contribution in [0.5, 0.6) is 17.2 Å². The highest BCUT2D eigenvalue weighted by molar-refractivity contribution is 5.34. The Hall–Kier alpha value is -3.78. The highest BCUT2D eigenvalue weighted by Crippen LogP contribution is 2.48. The Labute approximate surface area is 436 Å². The molecular weight excluding hydrogens is 997 g/mol. The second kappa shape index (κ2) is 26.2. The van der Waals surface area contributed by atoms with Gasteiger partial charge in [0.1, 0.15) is 5.75 Å². The second-order valence-corrected chi connectivity index (χ2v) is 23.6. The van der Waals surface area contributed by atoms with Gasteiger partial charge in [-0.3, -0.25) is 0 Å². The average molecular weight is 1080 g/mol. The van der Waals surface area contributed by atoms with Gasteiger partial charge < -0.3 is 14.2 Å². The van der Waals surface area contributed by atoms with E-state index in [2.05, 4.69) is 35.0 Å². The van der Waals surface area contributed by atoms with Crippen molar-refractivity contribution in [2.24, 2.45) is 53.3 Å². The number of ether oxygens (including phenoxy) is 3. The summed E-state index contributed by atoms with van der Waals surface area (Å²) in [6.07, 6.45) is 14.2. The molecule has 6 saturated carbocycles. The fourth-order valence-electron chi connectivity index (χ4n) is 14.0. The molecule has 6 fully saturated rings. The number of hydrogen-bond donors (Lipinski definition) is 0. The van der Waals surface area contributed by atoms with Crippen LogP contribution in [0.2, 0.25) is 0 Å². The van der Waals surface area contributed by atoms with Gasteiger partial charge in [-0.25, -0.2) is 13.2 Å². The van der Waals surface area contributed by atoms with Gasteiger partial charge in [0.05, 0.1) is 0 Å². The highest BCUT2D eigenvalue weighted by atomic mass is 19.4. The zero-order chi connectivity index (χ0) is 54.1. The zero-order valence-corrected chi connectivity index (χ0v) is 43.9. The first kappa shape index (κ1) is 58.9. The lowest BCUT2D eigenvalue weighted by atomic mass is 9.68. The van der Waals surface area contributed by atoms with Crippen molar-refractivity contribution in [3.8, 4) is 17.2 Å². The van der Waals surface area contributed by atoms with E-state index in [9.17, 15) is 52.7 Å². The summed E-state index contributed by atoms with van der Waals surface area (Å²) in [6.45, 7) is 6.98. The molecule has 9 rings (SSSR count). The molecule has 0 aromatic heterocycles. The molecule has 0 aliphatic heterocycles. The van der Waals surface area contributed by atoms with Crippen molar-refractivity contribution >= 4 is 0 Å². The van der Waals surface area contributed by atoms with Crippen LogP contribution in [0, 0.1) is 70.7 Å². The van der Waals surface area contributed by atoms with E-state index in [1.165, 1.54) is 108 Å². The third-order valence-electron chi connectivity index (χ3n) is 18.4. The van der Waals surface area contributed by atoms with Gasteiger partial charge in [-0.1, -0.05) is 77.5 Å². The molecule has 6 aliphatic carbocycles. The molecule has 3 aromatic rings. The lowest BCUT2D eigenvalue weighted by molar-refractivity contribution is -0.277. The Morgan fingerprint density at radius 1 is 0.320 bits per heavy atom. The largest absolute Gasteiger partial charge is 0.573 e. The third-order valence-corrected chi connectivity index (χ3v) is 18.4. The van der Waals surface area contributed by atoms with Crippen LogP contribution in [0.1, 0.15) is 209 Å². The molecule has 0 bridgehead atoms. The molecule has 0 unspecified atom stereocenters. The molecule has 3 nitrogen and oxygen atoms in total. The Balaban J connectivity index is 0.000000164. The lowest BCUT2D eigenvalue weighted by Gasteiger charge is -2.37. The number of hydrogen-bond acceptors (Lipinski definition) is 3. The van der Waals surface area contributed by atoms with Gasteiger partial charge in [0.25, 0.3) is 0 Å². The maximum atomic E-state index is 13.9. The van der Waals surface area contributed by atoms with Crippen LogP contribution in [0.15, 0.2) is 54.6 Å². The predicted molar refractivity (Wildman–Crippen MR) is 267 cm³/mol. The summed E-state index contributed by atoms with van der Waals surface area (Å²) < 4.78 is 163. The molecule has 15 heteroatoms. The lowest BCUT2D eigenvalue weighted by Crippen LogP contribution is -2.25. The molecule has 3 aromatic carbocycles. The van der Waals surface area contributed by atoms with Crippen molar-refractivity contribution < 1.29 is 66.9 Å². The van der Waals surface area contributed by atoms with E-state index >= 15 is 0 Å². The maximum absolute atomic E-state index is 13.9. The van der Waals surface area contributed by atoms with Crippen molar-refractivity contribution in [1.29, 1.82) is 0 Å². The molecule has 6 aliphatic rings. The predicted octanol–water partition coefficient (Wildman–Crippen LogP) is 20.5. The molecule has 0 saturated heterocycles. The third kappa shape index (κ3) is 18.1. The van der Waals surface area contributed by atoms with Crippen LogP contribution in [-0.2, 0) is 0 Å². The SMILES string of the molecule is CC1CCC(C2CCC(c3cc(F)c(OC(F)(F)F)c(F)c3)CC2)CC1.CC1CCC(C2CCC(c3ccc(OC(F)(F)F)c(F)c3)CC2)CC1.CC1CCC(C2CCC(c3ccc(OC(F)(F)F)cc3)CC2)CC1. The normalized spacial score (nSPS) is 30.9. The van der Waals surface area contributed by atoms with E-state index in [-0.39, 0.29) is 17.6 Å². The molecular formula is C60H78F12O3. The minimum Gasteiger partial charge on any atom is -0.406 e. The van der Waals surface area contributed by atoms with Gasteiger partial charge in [-0.2, -0.15) is 0 Å². The smallest absolute Gasteiger partial charge is 0.406 e. The molecule has 0 N–H and O–H groups in total. The van der Waals surface area contributed by atoms with E-state index < -0.39 is 48.0 Å². The average Bonchev–Trinajstić information content (AvgIpc) is 3.36. The van der Waals surface area contributed by atoms with Gasteiger partial charge >= 0.3 is 19.1 Å². The van der Waals surface area contributed by atoms with Crippen LogP contribution in [-0.4, -0.2) is 19.1 Å². The Kier molecular flexibility index (Phi) is 20.6. The van der Waals surface area contributed by atoms with Crippen LogP contribution in [0.3, 0.4) is 0 Å². The molecule has 420 valence electrons. The maximum Gasteiger partial charge on any atom is 0.573 e. The monoisotopic (exact) mass is 1070 g/mol. The first-order valence-electron chi connectivity index (χ1n) is 28.1. The summed E-state index contributed by atoms with van der Waals surface area (Å²) in [4.78, 5) is 0. The van der Waals surface area contributed by atoms with Gasteiger partial charge in [0.15, 0.2) is 23.2 Å². The van der Waals surface area contributed by atoms with Crippen molar-refractivity contribution in [3.05, 3.63) is 88.7 Å². The van der Waals surface area contributed by atoms with Crippen molar-refractivity contribution in [1.82, 2.24) is 0 Å². The number of rotatable bonds is 9. The van der Waals surface area contributed by atoms with E-state index in [1.54, 1.807) is 18.2 Å². The van der Waals surface area contributed by atoms with E-state index in [0.29, 0.717) is 17.4 Å². The number of benzene rings is 3. The molecule has 0 atom stereocenters. The van der Waals surface area contributed by atoms with Crippen LogP contribution < -0.4 is 14.2 Å². The van der Waals surface area contributed by atoms with Crippen molar-refractivity contribution in [2.75, 3.05) is 0 Å². The fraction of sp³-hybridized carbons (Fsp3) is 0.700. The van der Waals surface area contributed by atoms with Crippen molar-refractivity contribution in [2.45, 2.75) is 212 Å². The first-order valence-corrected chi connectivity index (χ1v) is 28.1. The number of alkyl halides is 9. The van der Waals surface area contributed by atoms with Crippen LogP contribution in [0.25, 0.3) is 0 Å². The number of halogens is 12. The summed E-state index contributed by atoms with van der Waals surface area (Å²) in [6, 6.07) is 12.4. The zero-order valence-electron chi connectivity index (χ0n) is 43.9. The Morgan fingerprint density at radius 2 is 0.613 bits per heavy atom. The first-order chi connectivity index (χ1) is 35.4. The van der Waals surface area contributed by atoms with Gasteiger partial charge in [-0.15, -0.1) is 39.5 Å².